The van der Waals surface area contributed by atoms with Crippen LogP contribution in [-0.2, 0) is 5.41 Å². The SMILES string of the molecule is C[C@@H]1CN(c2ncccc2Cl)CCN1/C(=N\O)Nc1ccc(C(C)(C)C)cc1. The molecule has 0 bridgehead atoms. The Morgan fingerprint density at radius 2 is 1.93 bits per heavy atom. The van der Waals surface area contributed by atoms with Crippen LogP contribution in [0.25, 0.3) is 0 Å². The summed E-state index contributed by atoms with van der Waals surface area (Å²) in [5.41, 5.74) is 2.25. The number of hydrogen-bond acceptors (Lipinski definition) is 4. The number of benzene rings is 1. The number of nitrogens with zero attached hydrogens (tertiary/aromatic N) is 4. The van der Waals surface area contributed by atoms with Crippen LogP contribution in [0.2, 0.25) is 5.02 Å². The maximum atomic E-state index is 9.61. The number of aromatic nitrogens is 1. The van der Waals surface area contributed by atoms with Gasteiger partial charge >= 0.3 is 0 Å². The van der Waals surface area contributed by atoms with Crippen LogP contribution in [0.5, 0.6) is 0 Å². The van der Waals surface area contributed by atoms with Gasteiger partial charge in [0, 0.05) is 37.6 Å². The van der Waals surface area contributed by atoms with E-state index in [0.29, 0.717) is 17.5 Å². The molecule has 1 aliphatic heterocycles. The van der Waals surface area contributed by atoms with Crippen LogP contribution in [0.3, 0.4) is 0 Å². The molecule has 1 fully saturated rings. The Morgan fingerprint density at radius 1 is 1.21 bits per heavy atom. The number of pyridine rings is 1. The number of halogens is 1. The van der Waals surface area contributed by atoms with Crippen LogP contribution >= 0.6 is 11.6 Å². The Hall–Kier alpha value is -2.47. The van der Waals surface area contributed by atoms with Gasteiger partial charge in [0.15, 0.2) is 0 Å². The Kier molecular flexibility index (Phi) is 5.98. The first-order valence-corrected chi connectivity index (χ1v) is 9.89. The van der Waals surface area contributed by atoms with Gasteiger partial charge in [0.1, 0.15) is 5.82 Å². The van der Waals surface area contributed by atoms with Gasteiger partial charge in [-0.05, 0) is 42.2 Å². The number of nitrogens with one attached hydrogen (secondary N) is 1. The number of anilines is 2. The summed E-state index contributed by atoms with van der Waals surface area (Å²) < 4.78 is 0. The van der Waals surface area contributed by atoms with Crippen molar-refractivity contribution in [2.24, 2.45) is 5.16 Å². The van der Waals surface area contributed by atoms with E-state index >= 15 is 0 Å². The van der Waals surface area contributed by atoms with Crippen molar-refractivity contribution in [1.82, 2.24) is 9.88 Å². The predicted octanol–water partition coefficient (Wildman–Crippen LogP) is 4.40. The van der Waals surface area contributed by atoms with Crippen LogP contribution < -0.4 is 10.2 Å². The van der Waals surface area contributed by atoms with Crippen molar-refractivity contribution in [3.63, 3.8) is 0 Å². The molecular formula is C21H28ClN5O. The van der Waals surface area contributed by atoms with Gasteiger partial charge < -0.3 is 20.3 Å². The third kappa shape index (κ3) is 4.50. The predicted molar refractivity (Wildman–Crippen MR) is 116 cm³/mol. The van der Waals surface area contributed by atoms with Crippen molar-refractivity contribution >= 4 is 29.1 Å². The fourth-order valence-electron chi connectivity index (χ4n) is 3.41. The zero-order chi connectivity index (χ0) is 20.3. The number of guanidine groups is 1. The highest BCUT2D eigenvalue weighted by Crippen LogP contribution is 2.26. The molecule has 2 N–H and O–H groups in total. The lowest BCUT2D eigenvalue weighted by Crippen LogP contribution is -2.56. The molecule has 1 atom stereocenters. The van der Waals surface area contributed by atoms with E-state index in [-0.39, 0.29) is 11.5 Å². The summed E-state index contributed by atoms with van der Waals surface area (Å²) in [5, 5.41) is 17.0. The number of piperazine rings is 1. The minimum Gasteiger partial charge on any atom is -0.408 e. The van der Waals surface area contributed by atoms with E-state index in [4.69, 9.17) is 11.6 Å². The molecule has 0 aliphatic carbocycles. The van der Waals surface area contributed by atoms with Crippen molar-refractivity contribution in [2.75, 3.05) is 29.9 Å². The van der Waals surface area contributed by atoms with Crippen molar-refractivity contribution in [2.45, 2.75) is 39.2 Å². The second-order valence-corrected chi connectivity index (χ2v) is 8.58. The molecule has 1 aromatic heterocycles. The molecule has 7 heteroatoms. The molecule has 0 amide bonds. The quantitative estimate of drug-likeness (QED) is 0.338. The number of oxime groups is 1. The number of rotatable bonds is 2. The van der Waals surface area contributed by atoms with Gasteiger partial charge in [-0.3, -0.25) is 0 Å². The molecule has 0 spiro atoms. The fraction of sp³-hybridized carbons (Fsp3) is 0.429. The Balaban J connectivity index is 1.68. The molecule has 1 saturated heterocycles. The van der Waals surface area contributed by atoms with Crippen molar-refractivity contribution in [3.8, 4) is 0 Å². The molecule has 6 nitrogen and oxygen atoms in total. The highest BCUT2D eigenvalue weighted by atomic mass is 35.5. The lowest BCUT2D eigenvalue weighted by Gasteiger charge is -2.41. The van der Waals surface area contributed by atoms with Gasteiger partial charge in [-0.1, -0.05) is 49.7 Å². The summed E-state index contributed by atoms with van der Waals surface area (Å²) in [4.78, 5) is 8.63. The van der Waals surface area contributed by atoms with Gasteiger partial charge in [0.25, 0.3) is 0 Å². The third-order valence-corrected chi connectivity index (χ3v) is 5.33. The molecule has 1 aromatic carbocycles. The van der Waals surface area contributed by atoms with Crippen LogP contribution in [0.1, 0.15) is 33.3 Å². The smallest absolute Gasteiger partial charge is 0.240 e. The normalized spacial score (nSPS) is 18.3. The maximum Gasteiger partial charge on any atom is 0.240 e. The molecule has 3 rings (SSSR count). The molecule has 1 aliphatic rings. The van der Waals surface area contributed by atoms with Crippen molar-refractivity contribution in [1.29, 1.82) is 0 Å². The van der Waals surface area contributed by atoms with E-state index in [2.05, 4.69) is 65.1 Å². The zero-order valence-electron chi connectivity index (χ0n) is 16.9. The molecular weight excluding hydrogens is 374 g/mol. The summed E-state index contributed by atoms with van der Waals surface area (Å²) in [6.45, 7) is 10.8. The van der Waals surface area contributed by atoms with E-state index in [1.165, 1.54) is 5.56 Å². The van der Waals surface area contributed by atoms with Gasteiger partial charge in [0.2, 0.25) is 5.96 Å². The molecule has 28 heavy (non-hydrogen) atoms. The van der Waals surface area contributed by atoms with Gasteiger partial charge in [-0.25, -0.2) is 4.98 Å². The molecule has 150 valence electrons. The Morgan fingerprint density at radius 3 is 2.50 bits per heavy atom. The third-order valence-electron chi connectivity index (χ3n) is 5.04. The molecule has 0 radical (unpaired) electrons. The van der Waals surface area contributed by atoms with Crippen LogP contribution in [0.15, 0.2) is 47.8 Å². The summed E-state index contributed by atoms with van der Waals surface area (Å²) in [5.74, 6) is 1.24. The van der Waals surface area contributed by atoms with E-state index in [0.717, 1.165) is 24.6 Å². The van der Waals surface area contributed by atoms with E-state index in [1.54, 1.807) is 6.20 Å². The first-order valence-electron chi connectivity index (χ1n) is 9.51. The van der Waals surface area contributed by atoms with Gasteiger partial charge in [-0.2, -0.15) is 0 Å². The average Bonchev–Trinajstić information content (AvgIpc) is 2.66. The van der Waals surface area contributed by atoms with Crippen LogP contribution in [0.4, 0.5) is 11.5 Å². The van der Waals surface area contributed by atoms with E-state index < -0.39 is 0 Å². The van der Waals surface area contributed by atoms with Crippen LogP contribution in [0, 0.1) is 0 Å². The van der Waals surface area contributed by atoms with Gasteiger partial charge in [-0.15, -0.1) is 0 Å². The maximum absolute atomic E-state index is 9.61. The summed E-state index contributed by atoms with van der Waals surface area (Å²) in [6.07, 6.45) is 1.75. The minimum absolute atomic E-state index is 0.101. The number of hydrogen-bond donors (Lipinski definition) is 2. The summed E-state index contributed by atoms with van der Waals surface area (Å²) in [7, 11) is 0. The molecule has 2 aromatic rings. The lowest BCUT2D eigenvalue weighted by molar-refractivity contribution is 0.263. The molecule has 2 heterocycles. The van der Waals surface area contributed by atoms with Crippen molar-refractivity contribution in [3.05, 3.63) is 53.2 Å². The zero-order valence-corrected chi connectivity index (χ0v) is 17.6. The first kappa shape index (κ1) is 20.3. The van der Waals surface area contributed by atoms with Crippen LogP contribution in [-0.4, -0.2) is 46.7 Å². The highest BCUT2D eigenvalue weighted by Gasteiger charge is 2.28. The molecule has 0 saturated carbocycles. The standard InChI is InChI=1S/C21H28ClN5O/c1-15-14-26(19-18(22)6-5-11-23-19)12-13-27(15)20(25-28)24-17-9-7-16(8-10-17)21(2,3)4/h5-11,15,28H,12-14H2,1-4H3,(H,24,25)/t15-/m1/s1. The Bertz CT molecular complexity index is 831. The largest absolute Gasteiger partial charge is 0.408 e. The van der Waals surface area contributed by atoms with E-state index in [1.807, 2.05) is 24.3 Å². The monoisotopic (exact) mass is 401 g/mol. The second kappa shape index (κ2) is 8.27. The van der Waals surface area contributed by atoms with Crippen molar-refractivity contribution < 1.29 is 5.21 Å². The topological polar surface area (TPSA) is 64.0 Å². The van der Waals surface area contributed by atoms with E-state index in [9.17, 15) is 5.21 Å². The fourth-order valence-corrected chi connectivity index (χ4v) is 3.65. The second-order valence-electron chi connectivity index (χ2n) is 8.17. The first-order chi connectivity index (χ1) is 13.3. The lowest BCUT2D eigenvalue weighted by atomic mass is 9.87. The Labute approximate surface area is 171 Å². The van der Waals surface area contributed by atoms with Gasteiger partial charge in [0.05, 0.1) is 5.02 Å². The average molecular weight is 402 g/mol. The highest BCUT2D eigenvalue weighted by molar-refractivity contribution is 6.32. The summed E-state index contributed by atoms with van der Waals surface area (Å²) >= 11 is 6.29. The molecule has 0 unspecified atom stereocenters. The summed E-state index contributed by atoms with van der Waals surface area (Å²) in [6, 6.07) is 12.0. The minimum atomic E-state index is 0.101.